The van der Waals surface area contributed by atoms with Crippen LogP contribution in [0.25, 0.3) is 0 Å². The van der Waals surface area contributed by atoms with Gasteiger partial charge in [0, 0.05) is 18.8 Å². The summed E-state index contributed by atoms with van der Waals surface area (Å²) < 4.78 is 6.33. The molecule has 0 spiro atoms. The molecule has 6 nitrogen and oxygen atoms in total. The minimum Gasteiger partial charge on any atom is -0.375 e. The van der Waals surface area contributed by atoms with Crippen molar-refractivity contribution < 1.29 is 9.53 Å². The third-order valence-corrected chi connectivity index (χ3v) is 7.02. The Labute approximate surface area is 183 Å². The third-order valence-electron chi connectivity index (χ3n) is 6.11. The molecule has 162 valence electrons. The van der Waals surface area contributed by atoms with Gasteiger partial charge in [-0.3, -0.25) is 9.69 Å². The maximum absolute atomic E-state index is 12.5. The highest BCUT2D eigenvalue weighted by Crippen LogP contribution is 2.25. The normalized spacial score (nSPS) is 19.1. The maximum atomic E-state index is 12.5. The van der Waals surface area contributed by atoms with Crippen LogP contribution in [0, 0.1) is 0 Å². The van der Waals surface area contributed by atoms with Crippen LogP contribution < -0.4 is 5.32 Å². The van der Waals surface area contributed by atoms with Gasteiger partial charge in [0.25, 0.3) is 5.91 Å². The number of ether oxygens (including phenoxy) is 1. The lowest BCUT2D eigenvalue weighted by atomic mass is 9.97. The lowest BCUT2D eigenvalue weighted by molar-refractivity contribution is -0.0566. The Morgan fingerprint density at radius 1 is 1.07 bits per heavy atom. The first kappa shape index (κ1) is 21.4. The summed E-state index contributed by atoms with van der Waals surface area (Å²) in [7, 11) is 0. The fourth-order valence-electron chi connectivity index (χ4n) is 4.29. The second-order valence-electron chi connectivity index (χ2n) is 8.38. The molecule has 1 saturated carbocycles. The van der Waals surface area contributed by atoms with E-state index < -0.39 is 0 Å². The number of likely N-dealkylation sites (tertiary alicyclic amines) is 1. The SMILES string of the molecule is CCc1ccc(NC(=O)c2nnc(CN3CCC(OC4CCCCC4)CC3)s2)cc1. The number of aromatic nitrogens is 2. The fourth-order valence-corrected chi connectivity index (χ4v) is 5.06. The smallest absolute Gasteiger partial charge is 0.286 e. The molecule has 0 unspecified atom stereocenters. The van der Waals surface area contributed by atoms with Gasteiger partial charge in [-0.1, -0.05) is 49.7 Å². The number of nitrogens with one attached hydrogen (secondary N) is 1. The number of anilines is 1. The van der Waals surface area contributed by atoms with Crippen LogP contribution in [0.4, 0.5) is 5.69 Å². The number of aryl methyl sites for hydroxylation is 1. The molecular weight excluding hydrogens is 396 g/mol. The number of piperidine rings is 1. The number of amides is 1. The van der Waals surface area contributed by atoms with Crippen molar-refractivity contribution in [3.05, 3.63) is 39.8 Å². The molecule has 1 aromatic carbocycles. The first-order valence-corrected chi connectivity index (χ1v) is 12.1. The van der Waals surface area contributed by atoms with Gasteiger partial charge in [-0.25, -0.2) is 0 Å². The van der Waals surface area contributed by atoms with Crippen LogP contribution in [0.5, 0.6) is 0 Å². The first-order valence-electron chi connectivity index (χ1n) is 11.3. The van der Waals surface area contributed by atoms with E-state index in [-0.39, 0.29) is 5.91 Å². The summed E-state index contributed by atoms with van der Waals surface area (Å²) in [6.07, 6.45) is 10.5. The second-order valence-corrected chi connectivity index (χ2v) is 9.44. The minimum absolute atomic E-state index is 0.192. The van der Waals surface area contributed by atoms with Crippen molar-refractivity contribution in [2.45, 2.75) is 77.0 Å². The number of carbonyl (C=O) groups excluding carboxylic acids is 1. The van der Waals surface area contributed by atoms with E-state index in [0.717, 1.165) is 49.6 Å². The molecule has 0 radical (unpaired) electrons. The number of nitrogens with zero attached hydrogens (tertiary/aromatic N) is 3. The Morgan fingerprint density at radius 2 is 1.77 bits per heavy atom. The molecule has 2 aliphatic rings. The standard InChI is InChI=1S/C23H32N4O2S/c1-2-17-8-10-18(11-9-17)24-22(28)23-26-25-21(30-23)16-27-14-12-20(13-15-27)29-19-6-4-3-5-7-19/h8-11,19-20H,2-7,12-16H2,1H3,(H,24,28). The lowest BCUT2D eigenvalue weighted by Crippen LogP contribution is -2.38. The van der Waals surface area contributed by atoms with Crippen LogP contribution in [0.15, 0.2) is 24.3 Å². The molecule has 30 heavy (non-hydrogen) atoms. The van der Waals surface area contributed by atoms with E-state index in [0.29, 0.717) is 17.2 Å². The van der Waals surface area contributed by atoms with Crippen molar-refractivity contribution in [1.82, 2.24) is 15.1 Å². The summed E-state index contributed by atoms with van der Waals surface area (Å²) in [4.78, 5) is 14.9. The van der Waals surface area contributed by atoms with Gasteiger partial charge in [-0.2, -0.15) is 0 Å². The number of hydrogen-bond donors (Lipinski definition) is 1. The Bertz CT molecular complexity index is 809. The summed E-state index contributed by atoms with van der Waals surface area (Å²) in [5, 5.41) is 12.6. The zero-order valence-electron chi connectivity index (χ0n) is 17.8. The number of benzene rings is 1. The average Bonchev–Trinajstić information content (AvgIpc) is 3.25. The van der Waals surface area contributed by atoms with E-state index in [1.165, 1.54) is 49.0 Å². The first-order chi connectivity index (χ1) is 14.7. The van der Waals surface area contributed by atoms with Crippen LogP contribution in [0.3, 0.4) is 0 Å². The predicted molar refractivity (Wildman–Crippen MR) is 120 cm³/mol. The molecule has 1 aliphatic carbocycles. The molecule has 0 atom stereocenters. The van der Waals surface area contributed by atoms with Crippen molar-refractivity contribution in [3.8, 4) is 0 Å². The van der Waals surface area contributed by atoms with Crippen molar-refractivity contribution in [2.75, 3.05) is 18.4 Å². The molecular formula is C23H32N4O2S. The molecule has 1 aliphatic heterocycles. The summed E-state index contributed by atoms with van der Waals surface area (Å²) in [6.45, 7) is 4.90. The highest BCUT2D eigenvalue weighted by Gasteiger charge is 2.25. The Morgan fingerprint density at radius 3 is 2.47 bits per heavy atom. The quantitative estimate of drug-likeness (QED) is 0.694. The molecule has 2 aromatic rings. The van der Waals surface area contributed by atoms with Crippen LogP contribution >= 0.6 is 11.3 Å². The van der Waals surface area contributed by atoms with Gasteiger partial charge in [0.15, 0.2) is 0 Å². The number of carbonyl (C=O) groups is 1. The summed E-state index contributed by atoms with van der Waals surface area (Å²) in [5.41, 5.74) is 2.04. The fraction of sp³-hybridized carbons (Fsp3) is 0.609. The van der Waals surface area contributed by atoms with Gasteiger partial charge in [0.05, 0.1) is 18.8 Å². The second kappa shape index (κ2) is 10.5. The van der Waals surface area contributed by atoms with Crippen molar-refractivity contribution in [1.29, 1.82) is 0 Å². The highest BCUT2D eigenvalue weighted by molar-refractivity contribution is 7.13. The van der Waals surface area contributed by atoms with Gasteiger partial charge in [0.1, 0.15) is 5.01 Å². The highest BCUT2D eigenvalue weighted by atomic mass is 32.1. The zero-order valence-corrected chi connectivity index (χ0v) is 18.6. The van der Waals surface area contributed by atoms with Gasteiger partial charge < -0.3 is 10.1 Å². The van der Waals surface area contributed by atoms with Gasteiger partial charge in [-0.15, -0.1) is 10.2 Å². The molecule has 2 heterocycles. The predicted octanol–water partition coefficient (Wildman–Crippen LogP) is 4.67. The number of hydrogen-bond acceptors (Lipinski definition) is 6. The minimum atomic E-state index is -0.192. The van der Waals surface area contributed by atoms with Gasteiger partial charge in [0.2, 0.25) is 5.01 Å². The molecule has 0 bridgehead atoms. The zero-order chi connectivity index (χ0) is 20.8. The lowest BCUT2D eigenvalue weighted by Gasteiger charge is -2.34. The molecule has 1 amide bonds. The molecule has 1 N–H and O–H groups in total. The summed E-state index contributed by atoms with van der Waals surface area (Å²) in [6, 6.07) is 7.92. The van der Waals surface area contributed by atoms with E-state index in [1.807, 2.05) is 24.3 Å². The van der Waals surface area contributed by atoms with Crippen LogP contribution in [0.2, 0.25) is 0 Å². The van der Waals surface area contributed by atoms with E-state index in [1.54, 1.807) is 0 Å². The maximum Gasteiger partial charge on any atom is 0.286 e. The molecule has 2 fully saturated rings. The van der Waals surface area contributed by atoms with Crippen molar-refractivity contribution in [3.63, 3.8) is 0 Å². The Kier molecular flexibility index (Phi) is 7.47. The van der Waals surface area contributed by atoms with Crippen LogP contribution in [-0.4, -0.2) is 46.3 Å². The summed E-state index contributed by atoms with van der Waals surface area (Å²) >= 11 is 1.38. The largest absolute Gasteiger partial charge is 0.375 e. The van der Waals surface area contributed by atoms with Crippen LogP contribution in [0.1, 0.15) is 72.2 Å². The average molecular weight is 429 g/mol. The van der Waals surface area contributed by atoms with Gasteiger partial charge >= 0.3 is 0 Å². The Balaban J connectivity index is 1.23. The third kappa shape index (κ3) is 5.86. The van der Waals surface area contributed by atoms with E-state index in [4.69, 9.17) is 4.74 Å². The monoisotopic (exact) mass is 428 g/mol. The van der Waals surface area contributed by atoms with E-state index >= 15 is 0 Å². The molecule has 1 aromatic heterocycles. The molecule has 7 heteroatoms. The topological polar surface area (TPSA) is 67.4 Å². The molecule has 1 saturated heterocycles. The van der Waals surface area contributed by atoms with E-state index in [2.05, 4.69) is 27.3 Å². The van der Waals surface area contributed by atoms with Crippen LogP contribution in [-0.2, 0) is 17.7 Å². The number of rotatable bonds is 7. The van der Waals surface area contributed by atoms with Crippen molar-refractivity contribution >= 4 is 22.9 Å². The van der Waals surface area contributed by atoms with E-state index in [9.17, 15) is 4.79 Å². The Hall–Kier alpha value is -1.83. The summed E-state index contributed by atoms with van der Waals surface area (Å²) in [5.74, 6) is -0.192. The molecule has 4 rings (SSSR count). The van der Waals surface area contributed by atoms with Crippen molar-refractivity contribution in [2.24, 2.45) is 0 Å². The van der Waals surface area contributed by atoms with Gasteiger partial charge in [-0.05, 0) is 49.8 Å².